The molecule has 1 aromatic heterocycles. The van der Waals surface area contributed by atoms with Crippen molar-refractivity contribution in [3.05, 3.63) is 23.8 Å². The molecule has 98 valence electrons. The molecule has 18 heavy (non-hydrogen) atoms. The van der Waals surface area contributed by atoms with Gasteiger partial charge in [0, 0.05) is 5.57 Å². The average Bonchev–Trinajstić information content (AvgIpc) is 2.64. The van der Waals surface area contributed by atoms with E-state index in [1.807, 2.05) is 0 Å². The Morgan fingerprint density at radius 3 is 2.67 bits per heavy atom. The third-order valence-electron chi connectivity index (χ3n) is 2.31. The van der Waals surface area contributed by atoms with Gasteiger partial charge in [0.2, 0.25) is 5.90 Å². The van der Waals surface area contributed by atoms with Crippen molar-refractivity contribution in [1.82, 2.24) is 9.78 Å². The van der Waals surface area contributed by atoms with Gasteiger partial charge in [0.15, 0.2) is 0 Å². The fourth-order valence-electron chi connectivity index (χ4n) is 1.35. The Hall–Kier alpha value is -1.89. The summed E-state index contributed by atoms with van der Waals surface area (Å²) in [6.07, 6.45) is 2.54. The molecule has 4 N–H and O–H groups in total. The second-order valence-electron chi connectivity index (χ2n) is 3.51. The predicted octanol–water partition coefficient (Wildman–Crippen LogP) is 1.93. The number of nitrogens with one attached hydrogen (secondary N) is 2. The number of nitrogens with two attached hydrogens (primary N) is 1. The summed E-state index contributed by atoms with van der Waals surface area (Å²) in [5.41, 5.74) is 5.56. The molecule has 0 saturated carbocycles. The van der Waals surface area contributed by atoms with Crippen molar-refractivity contribution >= 4 is 28.4 Å². The Labute approximate surface area is 108 Å². The number of ether oxygens (including phenoxy) is 1. The number of nitrogens with zero attached hydrogens (tertiary/aromatic N) is 2. The molecule has 8 heteroatoms. The highest BCUT2D eigenvalue weighted by molar-refractivity contribution is 6.67. The third-order valence-corrected chi connectivity index (χ3v) is 2.42. The van der Waals surface area contributed by atoms with Crippen LogP contribution < -0.4 is 5.73 Å². The first-order valence-corrected chi connectivity index (χ1v) is 5.33. The van der Waals surface area contributed by atoms with Crippen LogP contribution in [0.2, 0.25) is 0 Å². The molecule has 0 aliphatic carbocycles. The van der Waals surface area contributed by atoms with Gasteiger partial charge in [-0.2, -0.15) is 4.39 Å². The predicted molar refractivity (Wildman–Crippen MR) is 67.7 cm³/mol. The highest BCUT2D eigenvalue weighted by Gasteiger charge is 2.19. The van der Waals surface area contributed by atoms with Crippen LogP contribution in [-0.4, -0.2) is 28.0 Å². The van der Waals surface area contributed by atoms with E-state index in [-0.39, 0.29) is 16.8 Å². The number of aromatic nitrogens is 2. The van der Waals surface area contributed by atoms with E-state index in [0.29, 0.717) is 5.57 Å². The van der Waals surface area contributed by atoms with Crippen molar-refractivity contribution in [2.24, 2.45) is 0 Å². The fraction of sp³-hybridized carbons (Fsp3) is 0.300. The van der Waals surface area contributed by atoms with Crippen LogP contribution >= 0.6 is 11.6 Å². The Kier molecular flexibility index (Phi) is 4.43. The summed E-state index contributed by atoms with van der Waals surface area (Å²) in [4.78, 5) is 0. The maximum atomic E-state index is 13.1. The van der Waals surface area contributed by atoms with E-state index in [4.69, 9.17) is 32.9 Å². The Morgan fingerprint density at radius 1 is 1.67 bits per heavy atom. The van der Waals surface area contributed by atoms with Gasteiger partial charge in [-0.25, -0.2) is 0 Å². The van der Waals surface area contributed by atoms with E-state index in [0.717, 1.165) is 0 Å². The maximum Gasteiger partial charge on any atom is 0.255 e. The molecule has 0 bridgehead atoms. The molecule has 1 rings (SSSR count). The molecule has 0 unspecified atom stereocenters. The quantitative estimate of drug-likeness (QED) is 0.577. The number of halogens is 2. The topological polar surface area (TPSA) is 101 Å². The number of rotatable bonds is 4. The monoisotopic (exact) mass is 273 g/mol. The van der Waals surface area contributed by atoms with Gasteiger partial charge >= 0.3 is 0 Å². The van der Waals surface area contributed by atoms with Gasteiger partial charge in [-0.3, -0.25) is 15.5 Å². The SMILES string of the molecule is COC(=N)/C(=C\C(=N)Cl)[C@H](C)n1cc(N)c(F)n1. The maximum absolute atomic E-state index is 13.1. The summed E-state index contributed by atoms with van der Waals surface area (Å²) in [5, 5.41) is 18.1. The zero-order valence-corrected chi connectivity index (χ0v) is 10.6. The third kappa shape index (κ3) is 3.07. The van der Waals surface area contributed by atoms with Crippen LogP contribution in [0.3, 0.4) is 0 Å². The lowest BCUT2D eigenvalue weighted by atomic mass is 10.1. The lowest BCUT2D eigenvalue weighted by Gasteiger charge is -2.16. The molecule has 6 nitrogen and oxygen atoms in total. The molecule has 0 radical (unpaired) electrons. The van der Waals surface area contributed by atoms with E-state index in [2.05, 4.69) is 5.10 Å². The fourth-order valence-corrected chi connectivity index (χ4v) is 1.47. The number of methoxy groups -OCH3 is 1. The van der Waals surface area contributed by atoms with E-state index in [9.17, 15) is 4.39 Å². The van der Waals surface area contributed by atoms with Gasteiger partial charge < -0.3 is 10.5 Å². The molecule has 1 aromatic rings. The van der Waals surface area contributed by atoms with Gasteiger partial charge in [-0.15, -0.1) is 5.10 Å². The summed E-state index contributed by atoms with van der Waals surface area (Å²) in [6.45, 7) is 1.66. The molecule has 0 aliphatic rings. The summed E-state index contributed by atoms with van der Waals surface area (Å²) in [6, 6.07) is -0.539. The van der Waals surface area contributed by atoms with Crippen LogP contribution in [0.5, 0.6) is 0 Å². The lowest BCUT2D eigenvalue weighted by molar-refractivity contribution is 0.390. The zero-order valence-electron chi connectivity index (χ0n) is 9.87. The van der Waals surface area contributed by atoms with E-state index in [1.165, 1.54) is 24.1 Å². The van der Waals surface area contributed by atoms with Gasteiger partial charge in [-0.05, 0) is 13.0 Å². The Bertz CT molecular complexity index is 491. The molecular weight excluding hydrogens is 261 g/mol. The molecule has 0 spiro atoms. The van der Waals surface area contributed by atoms with Crippen LogP contribution in [0, 0.1) is 16.8 Å². The largest absolute Gasteiger partial charge is 0.481 e. The molecule has 0 aliphatic heterocycles. The van der Waals surface area contributed by atoms with Crippen LogP contribution in [0.1, 0.15) is 13.0 Å². The first-order chi connectivity index (χ1) is 8.36. The van der Waals surface area contributed by atoms with E-state index < -0.39 is 12.0 Å². The second kappa shape index (κ2) is 5.63. The van der Waals surface area contributed by atoms with Crippen LogP contribution in [-0.2, 0) is 4.74 Å². The van der Waals surface area contributed by atoms with Gasteiger partial charge in [0.25, 0.3) is 5.95 Å². The molecule has 0 saturated heterocycles. The summed E-state index contributed by atoms with van der Waals surface area (Å²) in [7, 11) is 1.32. The minimum atomic E-state index is -0.786. The number of allylic oxidation sites excluding steroid dienone is 1. The van der Waals surface area contributed by atoms with Crippen LogP contribution in [0.4, 0.5) is 10.1 Å². The summed E-state index contributed by atoms with van der Waals surface area (Å²) >= 11 is 5.47. The lowest BCUT2D eigenvalue weighted by Crippen LogP contribution is -2.17. The van der Waals surface area contributed by atoms with Crippen molar-refractivity contribution in [2.45, 2.75) is 13.0 Å². The van der Waals surface area contributed by atoms with Crippen molar-refractivity contribution < 1.29 is 9.13 Å². The number of nitrogen functional groups attached to an aromatic ring is 1. The number of hydrogen-bond acceptors (Lipinski definition) is 5. The number of anilines is 1. The first-order valence-electron chi connectivity index (χ1n) is 4.95. The normalized spacial score (nSPS) is 13.2. The number of hydrogen-bond donors (Lipinski definition) is 3. The smallest absolute Gasteiger partial charge is 0.255 e. The van der Waals surface area contributed by atoms with Crippen molar-refractivity contribution in [3.63, 3.8) is 0 Å². The van der Waals surface area contributed by atoms with Crippen LogP contribution in [0.25, 0.3) is 0 Å². The zero-order chi connectivity index (χ0) is 13.9. The van der Waals surface area contributed by atoms with Crippen molar-refractivity contribution in [2.75, 3.05) is 12.8 Å². The summed E-state index contributed by atoms with van der Waals surface area (Å²) < 4.78 is 19.1. The van der Waals surface area contributed by atoms with Gasteiger partial charge in [0.05, 0.1) is 19.3 Å². The summed E-state index contributed by atoms with van der Waals surface area (Å²) in [5.74, 6) is -0.964. The van der Waals surface area contributed by atoms with E-state index in [1.54, 1.807) is 6.92 Å². The highest BCUT2D eigenvalue weighted by Crippen LogP contribution is 2.20. The van der Waals surface area contributed by atoms with Crippen molar-refractivity contribution in [1.29, 1.82) is 10.8 Å². The minimum absolute atomic E-state index is 0.0916. The Balaban J connectivity index is 3.14. The molecule has 1 atom stereocenters. The molecule has 0 fully saturated rings. The van der Waals surface area contributed by atoms with Crippen molar-refractivity contribution in [3.8, 4) is 0 Å². The highest BCUT2D eigenvalue weighted by atomic mass is 35.5. The standard InChI is InChI=1S/C10H13ClFN5O/c1-5(17-4-7(13)9(12)16-17)6(3-8(11)14)10(15)18-2/h3-5,14-15H,13H2,1-2H3/b6-3-,14-8?,15-10?/t5-/m0/s1. The average molecular weight is 274 g/mol. The second-order valence-corrected chi connectivity index (χ2v) is 3.92. The Morgan fingerprint density at radius 2 is 2.28 bits per heavy atom. The first kappa shape index (κ1) is 14.2. The molecule has 0 amide bonds. The molecule has 1 heterocycles. The van der Waals surface area contributed by atoms with E-state index >= 15 is 0 Å². The minimum Gasteiger partial charge on any atom is -0.481 e. The molecule has 0 aromatic carbocycles. The molecular formula is C10H13ClFN5O. The van der Waals surface area contributed by atoms with Gasteiger partial charge in [-0.1, -0.05) is 11.6 Å². The van der Waals surface area contributed by atoms with Gasteiger partial charge in [0.1, 0.15) is 10.9 Å². The van der Waals surface area contributed by atoms with Crippen LogP contribution in [0.15, 0.2) is 17.8 Å².